The van der Waals surface area contributed by atoms with Crippen LogP contribution in [0, 0.1) is 0 Å². The molecule has 29 heavy (non-hydrogen) atoms. The molecule has 1 rings (SSSR count). The summed E-state index contributed by atoms with van der Waals surface area (Å²) in [6, 6.07) is 0. The number of hydrogen-bond acceptors (Lipinski definition) is 6. The summed E-state index contributed by atoms with van der Waals surface area (Å²) in [4.78, 5) is 14.5. The molecule has 0 aromatic heterocycles. The molecule has 3 N–H and O–H groups in total. The Bertz CT molecular complexity index is 647. The molecule has 0 aromatic carbocycles. The molecule has 0 saturated heterocycles. The Labute approximate surface area is 174 Å². The van der Waals surface area contributed by atoms with Crippen molar-refractivity contribution in [1.82, 2.24) is 4.90 Å². The van der Waals surface area contributed by atoms with E-state index in [4.69, 9.17) is 4.55 Å². The van der Waals surface area contributed by atoms with E-state index in [-0.39, 0.29) is 18.9 Å². The van der Waals surface area contributed by atoms with E-state index in [2.05, 4.69) is 6.58 Å². The molecular weight excluding hydrogens is 396 g/mol. The number of rotatable bonds is 17. The Morgan fingerprint density at radius 1 is 1.17 bits per heavy atom. The van der Waals surface area contributed by atoms with Gasteiger partial charge in [-0.2, -0.15) is 8.42 Å². The van der Waals surface area contributed by atoms with Crippen LogP contribution in [0.4, 0.5) is 0 Å². The smallest absolute Gasteiger partial charge is 0.316 e. The molecule has 8 nitrogen and oxygen atoms in total. The third-order valence-corrected chi connectivity index (χ3v) is 5.81. The quantitative estimate of drug-likeness (QED) is 0.137. The standard InChI is InChI=1S/C20H36N2O6S/c1-2-3-4-5-6-7-8-9-10-11-19(25)20-21(14-15-23)12-13-22(20)16-18(24)17-29(26,27)28/h2,18,23-24H,1,3-17H2/p+1. The molecule has 1 aliphatic heterocycles. The summed E-state index contributed by atoms with van der Waals surface area (Å²) in [5.41, 5.74) is 0. The number of nitrogens with zero attached hydrogens (tertiary/aromatic N) is 2. The van der Waals surface area contributed by atoms with Gasteiger partial charge < -0.3 is 10.2 Å². The van der Waals surface area contributed by atoms with Crippen molar-refractivity contribution >= 4 is 21.7 Å². The SMILES string of the molecule is C=CCCCCCCCCCC(=O)C1=[N+](CC(O)CS(=O)(=O)O)CCN1CCO. The number of hydrogen-bond donors (Lipinski definition) is 3. The molecule has 0 bridgehead atoms. The van der Waals surface area contributed by atoms with Crippen molar-refractivity contribution in [3.63, 3.8) is 0 Å². The number of Topliss-reactive ketones (excluding diaryl/α,β-unsaturated/α-hetero) is 1. The van der Waals surface area contributed by atoms with Gasteiger partial charge in [0.25, 0.3) is 10.1 Å². The fourth-order valence-corrected chi connectivity index (χ4v) is 4.23. The van der Waals surface area contributed by atoms with Crippen molar-refractivity contribution < 1.29 is 32.6 Å². The number of ketones is 1. The van der Waals surface area contributed by atoms with E-state index in [9.17, 15) is 23.4 Å². The lowest BCUT2D eigenvalue weighted by Gasteiger charge is -2.13. The molecule has 0 saturated carbocycles. The number of unbranched alkanes of at least 4 members (excludes halogenated alkanes) is 7. The zero-order valence-electron chi connectivity index (χ0n) is 17.3. The predicted molar refractivity (Wildman–Crippen MR) is 113 cm³/mol. The van der Waals surface area contributed by atoms with Crippen molar-refractivity contribution in [2.45, 2.75) is 63.9 Å². The Balaban J connectivity index is 2.51. The van der Waals surface area contributed by atoms with Crippen LogP contribution >= 0.6 is 0 Å². The van der Waals surface area contributed by atoms with Crippen LogP contribution in [0.2, 0.25) is 0 Å². The maximum atomic E-state index is 12.8. The Morgan fingerprint density at radius 3 is 2.38 bits per heavy atom. The highest BCUT2D eigenvalue weighted by molar-refractivity contribution is 7.85. The molecule has 0 radical (unpaired) electrons. The van der Waals surface area contributed by atoms with Gasteiger partial charge in [-0.25, -0.2) is 0 Å². The van der Waals surface area contributed by atoms with Crippen molar-refractivity contribution in [2.24, 2.45) is 0 Å². The van der Waals surface area contributed by atoms with Gasteiger partial charge in [-0.05, 0) is 19.3 Å². The summed E-state index contributed by atoms with van der Waals surface area (Å²) in [6.07, 6.45) is 9.70. The minimum Gasteiger partial charge on any atom is -0.392 e. The average Bonchev–Trinajstić information content (AvgIpc) is 3.01. The van der Waals surface area contributed by atoms with Gasteiger partial charge in [-0.3, -0.25) is 18.8 Å². The van der Waals surface area contributed by atoms with Gasteiger partial charge in [0.05, 0.1) is 6.61 Å². The van der Waals surface area contributed by atoms with E-state index in [0.29, 0.717) is 31.9 Å². The zero-order valence-corrected chi connectivity index (χ0v) is 18.2. The zero-order chi connectivity index (χ0) is 21.7. The number of aliphatic hydroxyl groups is 2. The number of amidine groups is 1. The Morgan fingerprint density at radius 2 is 1.79 bits per heavy atom. The van der Waals surface area contributed by atoms with Gasteiger partial charge in [0.15, 0.2) is 0 Å². The third-order valence-electron chi connectivity index (χ3n) is 5.00. The summed E-state index contributed by atoms with van der Waals surface area (Å²) in [7, 11) is -4.29. The minimum atomic E-state index is -4.29. The first-order valence-corrected chi connectivity index (χ1v) is 12.1. The minimum absolute atomic E-state index is 0.0481. The maximum absolute atomic E-state index is 12.8. The molecule has 9 heteroatoms. The molecule has 1 atom stereocenters. The van der Waals surface area contributed by atoms with Gasteiger partial charge in [0.1, 0.15) is 38.0 Å². The van der Waals surface area contributed by atoms with Crippen molar-refractivity contribution in [3.8, 4) is 0 Å². The molecule has 168 valence electrons. The van der Waals surface area contributed by atoms with Crippen molar-refractivity contribution in [2.75, 3.05) is 38.5 Å². The second-order valence-electron chi connectivity index (χ2n) is 7.61. The van der Waals surface area contributed by atoms with Gasteiger partial charge >= 0.3 is 5.84 Å². The molecule has 0 fully saturated rings. The highest BCUT2D eigenvalue weighted by Crippen LogP contribution is 2.12. The van der Waals surface area contributed by atoms with E-state index in [1.54, 1.807) is 9.48 Å². The van der Waals surface area contributed by atoms with Crippen molar-refractivity contribution in [3.05, 3.63) is 12.7 Å². The summed E-state index contributed by atoms with van der Waals surface area (Å²) in [5.74, 6) is -0.392. The van der Waals surface area contributed by atoms with Gasteiger partial charge in [0, 0.05) is 6.42 Å². The molecular formula is C20H37N2O6S+. The highest BCUT2D eigenvalue weighted by Gasteiger charge is 2.36. The normalized spacial score (nSPS) is 15.8. The van der Waals surface area contributed by atoms with Crippen LogP contribution < -0.4 is 0 Å². The van der Waals surface area contributed by atoms with E-state index in [1.807, 2.05) is 6.08 Å². The first-order valence-electron chi connectivity index (χ1n) is 10.5. The van der Waals surface area contributed by atoms with E-state index in [0.717, 1.165) is 32.1 Å². The van der Waals surface area contributed by atoms with Crippen molar-refractivity contribution in [1.29, 1.82) is 0 Å². The number of carbonyl (C=O) groups is 1. The fourth-order valence-electron chi connectivity index (χ4n) is 3.64. The second-order valence-corrected chi connectivity index (χ2v) is 9.11. The van der Waals surface area contributed by atoms with Crippen LogP contribution in [0.1, 0.15) is 57.8 Å². The summed E-state index contributed by atoms with van der Waals surface area (Å²) >= 11 is 0. The first kappa shape index (κ1) is 25.7. The molecule has 0 amide bonds. The van der Waals surface area contributed by atoms with Crippen LogP contribution in [0.3, 0.4) is 0 Å². The monoisotopic (exact) mass is 433 g/mol. The van der Waals surface area contributed by atoms with Gasteiger partial charge in [-0.15, -0.1) is 6.58 Å². The topological polar surface area (TPSA) is 118 Å². The highest BCUT2D eigenvalue weighted by atomic mass is 32.2. The van der Waals surface area contributed by atoms with Crippen LogP contribution in [0.5, 0.6) is 0 Å². The Hall–Kier alpha value is -1.29. The first-order chi connectivity index (χ1) is 13.8. The maximum Gasteiger partial charge on any atom is 0.316 e. The number of carbonyl (C=O) groups excluding carboxylic acids is 1. The van der Waals surface area contributed by atoms with Gasteiger partial charge in [-0.1, -0.05) is 38.2 Å². The van der Waals surface area contributed by atoms with E-state index in [1.165, 1.54) is 19.3 Å². The molecule has 0 aliphatic carbocycles. The molecule has 1 heterocycles. The summed E-state index contributed by atoms with van der Waals surface area (Å²) < 4.78 is 32.5. The summed E-state index contributed by atoms with van der Waals surface area (Å²) in [6.45, 7) is 4.89. The van der Waals surface area contributed by atoms with Crippen LogP contribution in [-0.4, -0.2) is 88.9 Å². The van der Waals surface area contributed by atoms with Crippen LogP contribution in [0.15, 0.2) is 12.7 Å². The number of allylic oxidation sites excluding steroid dienone is 1. The van der Waals surface area contributed by atoms with Crippen LogP contribution in [-0.2, 0) is 14.9 Å². The fraction of sp³-hybridized carbons (Fsp3) is 0.800. The largest absolute Gasteiger partial charge is 0.392 e. The predicted octanol–water partition coefficient (Wildman–Crippen LogP) is 1.22. The Kier molecular flexibility index (Phi) is 12.3. The number of β-amino-alcohol motifs (C(OH)–C–C–N with tert-alkyl or cyclic N) is 2. The van der Waals surface area contributed by atoms with Crippen LogP contribution in [0.25, 0.3) is 0 Å². The number of aliphatic hydroxyl groups excluding tert-OH is 2. The molecule has 0 spiro atoms. The lowest BCUT2D eigenvalue weighted by atomic mass is 10.1. The lowest BCUT2D eigenvalue weighted by molar-refractivity contribution is -0.525. The average molecular weight is 434 g/mol. The van der Waals surface area contributed by atoms with E-state index < -0.39 is 22.0 Å². The molecule has 1 unspecified atom stereocenters. The molecule has 1 aliphatic rings. The lowest BCUT2D eigenvalue weighted by Crippen LogP contribution is -2.40. The second kappa shape index (κ2) is 13.8. The third kappa shape index (κ3) is 10.9. The molecule has 0 aromatic rings. The van der Waals surface area contributed by atoms with E-state index >= 15 is 0 Å². The summed E-state index contributed by atoms with van der Waals surface area (Å²) in [5, 5.41) is 19.2. The van der Waals surface area contributed by atoms with Gasteiger partial charge in [0.2, 0.25) is 5.78 Å².